The molecule has 1 aromatic heterocycles. The van der Waals surface area contributed by atoms with Crippen molar-refractivity contribution in [1.29, 1.82) is 0 Å². The van der Waals surface area contributed by atoms with Crippen LogP contribution in [0, 0.1) is 0 Å². The number of hydrogen-bond donors (Lipinski definition) is 2. The van der Waals surface area contributed by atoms with E-state index in [4.69, 9.17) is 4.74 Å². The van der Waals surface area contributed by atoms with Crippen molar-refractivity contribution in [2.75, 3.05) is 17.7 Å². The molecule has 1 saturated heterocycles. The maximum Gasteiger partial charge on any atom is 0.253 e. The highest BCUT2D eigenvalue weighted by atomic mass is 16.5. The normalized spacial score (nSPS) is 23.4. The van der Waals surface area contributed by atoms with Gasteiger partial charge in [-0.25, -0.2) is 4.98 Å². The lowest BCUT2D eigenvalue weighted by molar-refractivity contribution is -0.126. The van der Waals surface area contributed by atoms with Gasteiger partial charge in [-0.3, -0.25) is 4.79 Å². The number of nitrogens with one attached hydrogen (secondary N) is 2. The predicted molar refractivity (Wildman–Crippen MR) is 66.0 cm³/mol. The van der Waals surface area contributed by atoms with Gasteiger partial charge in [0.15, 0.2) is 0 Å². The molecular formula is C12H17N3O2. The molecule has 17 heavy (non-hydrogen) atoms. The minimum Gasteiger partial charge on any atom is -0.373 e. The van der Waals surface area contributed by atoms with E-state index in [-0.39, 0.29) is 18.1 Å². The van der Waals surface area contributed by atoms with Crippen LogP contribution >= 0.6 is 0 Å². The highest BCUT2D eigenvalue weighted by molar-refractivity contribution is 5.94. The summed E-state index contributed by atoms with van der Waals surface area (Å²) in [5, 5.41) is 5.76. The third kappa shape index (κ3) is 2.94. The van der Waals surface area contributed by atoms with E-state index in [2.05, 4.69) is 15.6 Å². The highest BCUT2D eigenvalue weighted by Gasteiger charge is 2.28. The van der Waals surface area contributed by atoms with Crippen LogP contribution in [0.5, 0.6) is 0 Å². The summed E-state index contributed by atoms with van der Waals surface area (Å²) in [4.78, 5) is 16.0. The van der Waals surface area contributed by atoms with E-state index < -0.39 is 0 Å². The van der Waals surface area contributed by atoms with Crippen LogP contribution in [0.15, 0.2) is 18.3 Å². The second-order valence-corrected chi connectivity index (χ2v) is 4.18. The van der Waals surface area contributed by atoms with Crippen molar-refractivity contribution < 1.29 is 9.53 Å². The van der Waals surface area contributed by atoms with Gasteiger partial charge >= 0.3 is 0 Å². The van der Waals surface area contributed by atoms with Gasteiger partial charge in [0.1, 0.15) is 11.9 Å². The smallest absolute Gasteiger partial charge is 0.253 e. The molecule has 1 aliphatic rings. The first kappa shape index (κ1) is 11.9. The van der Waals surface area contributed by atoms with Crippen LogP contribution in [0.1, 0.15) is 19.8 Å². The number of anilines is 2. The van der Waals surface area contributed by atoms with Crippen LogP contribution in [0.4, 0.5) is 11.5 Å². The second kappa shape index (κ2) is 5.14. The molecule has 0 spiro atoms. The average molecular weight is 235 g/mol. The Labute approximate surface area is 101 Å². The third-order valence-corrected chi connectivity index (χ3v) is 2.81. The van der Waals surface area contributed by atoms with Gasteiger partial charge < -0.3 is 15.4 Å². The summed E-state index contributed by atoms with van der Waals surface area (Å²) in [6, 6.07) is 3.55. The summed E-state index contributed by atoms with van der Waals surface area (Å²) in [7, 11) is 1.79. The number of hydrogen-bond acceptors (Lipinski definition) is 4. The van der Waals surface area contributed by atoms with Crippen LogP contribution in [0.25, 0.3) is 0 Å². The molecule has 0 bridgehead atoms. The molecule has 2 N–H and O–H groups in total. The van der Waals surface area contributed by atoms with Crippen molar-refractivity contribution in [3.05, 3.63) is 18.3 Å². The van der Waals surface area contributed by atoms with E-state index in [9.17, 15) is 4.79 Å². The van der Waals surface area contributed by atoms with Crippen LogP contribution in [-0.4, -0.2) is 30.1 Å². The number of pyridine rings is 1. The number of carbonyl (C=O) groups excluding carboxylic acids is 1. The van der Waals surface area contributed by atoms with Gasteiger partial charge in [-0.1, -0.05) is 0 Å². The van der Waals surface area contributed by atoms with Gasteiger partial charge in [-0.2, -0.15) is 0 Å². The molecular weight excluding hydrogens is 218 g/mol. The van der Waals surface area contributed by atoms with Crippen LogP contribution in [0.2, 0.25) is 0 Å². The quantitative estimate of drug-likeness (QED) is 0.835. The third-order valence-electron chi connectivity index (χ3n) is 2.81. The van der Waals surface area contributed by atoms with Crippen molar-refractivity contribution in [2.45, 2.75) is 32.0 Å². The summed E-state index contributed by atoms with van der Waals surface area (Å²) in [6.07, 6.45) is 3.24. The Hall–Kier alpha value is -1.62. The van der Waals surface area contributed by atoms with Crippen LogP contribution < -0.4 is 10.6 Å². The van der Waals surface area contributed by atoms with Gasteiger partial charge in [0, 0.05) is 25.0 Å². The minimum atomic E-state index is -0.323. The molecule has 2 heterocycles. The molecule has 92 valence electrons. The lowest BCUT2D eigenvalue weighted by atomic mass is 10.2. The molecule has 2 rings (SSSR count). The van der Waals surface area contributed by atoms with Crippen LogP contribution in [0.3, 0.4) is 0 Å². The Morgan fingerprint density at radius 1 is 1.53 bits per heavy atom. The van der Waals surface area contributed by atoms with Crippen molar-refractivity contribution >= 4 is 17.4 Å². The molecule has 1 aliphatic heterocycles. The average Bonchev–Trinajstić information content (AvgIpc) is 2.76. The molecule has 0 aromatic carbocycles. The van der Waals surface area contributed by atoms with E-state index in [1.54, 1.807) is 25.4 Å². The summed E-state index contributed by atoms with van der Waals surface area (Å²) in [5.74, 6) is 0.645. The summed E-state index contributed by atoms with van der Waals surface area (Å²) in [6.45, 7) is 1.98. The Morgan fingerprint density at radius 3 is 3.00 bits per heavy atom. The molecule has 1 fully saturated rings. The summed E-state index contributed by atoms with van der Waals surface area (Å²) >= 11 is 0. The Morgan fingerprint density at radius 2 is 2.35 bits per heavy atom. The van der Waals surface area contributed by atoms with E-state index in [0.717, 1.165) is 24.3 Å². The van der Waals surface area contributed by atoms with Crippen LogP contribution in [-0.2, 0) is 9.53 Å². The number of ether oxygens (including phenoxy) is 1. The first-order chi connectivity index (χ1) is 8.19. The fourth-order valence-corrected chi connectivity index (χ4v) is 1.86. The number of carbonyl (C=O) groups is 1. The minimum absolute atomic E-state index is 0.0809. The molecule has 0 aliphatic carbocycles. The number of aromatic nitrogens is 1. The number of nitrogens with zero attached hydrogens (tertiary/aromatic N) is 1. The summed E-state index contributed by atoms with van der Waals surface area (Å²) in [5.41, 5.74) is 0.734. The molecule has 5 nitrogen and oxygen atoms in total. The first-order valence-corrected chi connectivity index (χ1v) is 5.79. The van der Waals surface area contributed by atoms with Crippen molar-refractivity contribution in [3.8, 4) is 0 Å². The molecule has 1 amide bonds. The number of rotatable bonds is 3. The molecule has 5 heteroatoms. The Balaban J connectivity index is 1.98. The van der Waals surface area contributed by atoms with E-state index in [1.165, 1.54) is 0 Å². The standard InChI is InChI=1S/C12H17N3O2/c1-8-3-4-10(17-8)12(16)15-9-5-6-14-11(7-9)13-2/h5-8,10H,3-4H2,1-2H3,(H2,13,14,15,16). The van der Waals surface area contributed by atoms with Crippen molar-refractivity contribution in [2.24, 2.45) is 0 Å². The van der Waals surface area contributed by atoms with Gasteiger partial charge in [-0.05, 0) is 25.8 Å². The Bertz CT molecular complexity index is 408. The monoisotopic (exact) mass is 235 g/mol. The van der Waals surface area contributed by atoms with Gasteiger partial charge in [0.2, 0.25) is 0 Å². The first-order valence-electron chi connectivity index (χ1n) is 5.79. The fourth-order valence-electron chi connectivity index (χ4n) is 1.86. The summed E-state index contributed by atoms with van der Waals surface area (Å²) < 4.78 is 5.51. The SMILES string of the molecule is CNc1cc(NC(=O)C2CCC(C)O2)ccn1. The maximum atomic E-state index is 11.9. The second-order valence-electron chi connectivity index (χ2n) is 4.18. The fraction of sp³-hybridized carbons (Fsp3) is 0.500. The molecule has 1 aromatic rings. The Kier molecular flexibility index (Phi) is 3.58. The molecule has 2 unspecified atom stereocenters. The zero-order valence-electron chi connectivity index (χ0n) is 10.1. The maximum absolute atomic E-state index is 11.9. The van der Waals surface area contributed by atoms with E-state index in [1.807, 2.05) is 6.92 Å². The van der Waals surface area contributed by atoms with Crippen molar-refractivity contribution in [1.82, 2.24) is 4.98 Å². The molecule has 0 saturated carbocycles. The van der Waals surface area contributed by atoms with E-state index >= 15 is 0 Å². The zero-order chi connectivity index (χ0) is 12.3. The lowest BCUT2D eigenvalue weighted by Crippen LogP contribution is -2.27. The van der Waals surface area contributed by atoms with E-state index in [0.29, 0.717) is 0 Å². The molecule has 0 radical (unpaired) electrons. The zero-order valence-corrected chi connectivity index (χ0v) is 10.1. The topological polar surface area (TPSA) is 63.2 Å². The molecule has 2 atom stereocenters. The number of amides is 1. The van der Waals surface area contributed by atoms with Gasteiger partial charge in [0.25, 0.3) is 5.91 Å². The van der Waals surface area contributed by atoms with Gasteiger partial charge in [0.05, 0.1) is 6.10 Å². The lowest BCUT2D eigenvalue weighted by Gasteiger charge is -2.12. The predicted octanol–water partition coefficient (Wildman–Crippen LogP) is 1.63. The van der Waals surface area contributed by atoms with Gasteiger partial charge in [-0.15, -0.1) is 0 Å². The highest BCUT2D eigenvalue weighted by Crippen LogP contribution is 2.21. The largest absolute Gasteiger partial charge is 0.373 e. The van der Waals surface area contributed by atoms with Crippen molar-refractivity contribution in [3.63, 3.8) is 0 Å².